The van der Waals surface area contributed by atoms with Crippen LogP contribution in [-0.2, 0) is 17.9 Å². The third-order valence-electron chi connectivity index (χ3n) is 3.08. The van der Waals surface area contributed by atoms with Crippen molar-refractivity contribution in [3.63, 3.8) is 0 Å². The number of ether oxygens (including phenoxy) is 2. The van der Waals surface area contributed by atoms with E-state index in [1.807, 2.05) is 63.4 Å². The van der Waals surface area contributed by atoms with Gasteiger partial charge in [0.05, 0.1) is 0 Å². The van der Waals surface area contributed by atoms with E-state index in [-0.39, 0.29) is 0 Å². The van der Waals surface area contributed by atoms with Crippen molar-refractivity contribution >= 4 is 6.09 Å². The Bertz CT molecular complexity index is 632. The van der Waals surface area contributed by atoms with Crippen LogP contribution in [0.3, 0.4) is 0 Å². The van der Waals surface area contributed by atoms with Gasteiger partial charge in [0, 0.05) is 25.4 Å². The minimum absolute atomic E-state index is 0.394. The van der Waals surface area contributed by atoms with Crippen molar-refractivity contribution in [3.8, 4) is 5.88 Å². The first kappa shape index (κ1) is 17.8. The first-order valence-corrected chi connectivity index (χ1v) is 8.09. The van der Waals surface area contributed by atoms with Crippen molar-refractivity contribution in [3.05, 3.63) is 48.2 Å². The number of nitrogens with zero attached hydrogens (tertiary/aromatic N) is 2. The van der Waals surface area contributed by atoms with E-state index in [1.54, 1.807) is 4.68 Å². The number of benzene rings is 1. The fourth-order valence-corrected chi connectivity index (χ4v) is 2.02. The van der Waals surface area contributed by atoms with Crippen LogP contribution in [0.4, 0.5) is 4.79 Å². The fourth-order valence-electron chi connectivity index (χ4n) is 2.02. The first-order valence-electron chi connectivity index (χ1n) is 8.09. The lowest BCUT2D eigenvalue weighted by Gasteiger charge is -2.19. The molecule has 2 aromatic rings. The van der Waals surface area contributed by atoms with E-state index in [2.05, 4.69) is 10.4 Å². The maximum Gasteiger partial charge on any atom is 0.407 e. The van der Waals surface area contributed by atoms with Gasteiger partial charge in [0.1, 0.15) is 12.2 Å². The summed E-state index contributed by atoms with van der Waals surface area (Å²) in [7, 11) is 0. The molecule has 1 aromatic carbocycles. The van der Waals surface area contributed by atoms with Crippen LogP contribution in [0.15, 0.2) is 42.6 Å². The molecule has 0 aliphatic rings. The molecule has 6 nitrogen and oxygen atoms in total. The Morgan fingerprint density at radius 3 is 2.67 bits per heavy atom. The van der Waals surface area contributed by atoms with E-state index in [9.17, 15) is 4.79 Å². The summed E-state index contributed by atoms with van der Waals surface area (Å²) in [5, 5.41) is 7.08. The molecule has 6 heteroatoms. The Hall–Kier alpha value is -2.50. The van der Waals surface area contributed by atoms with E-state index in [1.165, 1.54) is 0 Å². The van der Waals surface area contributed by atoms with Gasteiger partial charge in [0.25, 0.3) is 0 Å². The molecule has 130 valence electrons. The highest BCUT2D eigenvalue weighted by Gasteiger charge is 2.15. The van der Waals surface area contributed by atoms with Crippen molar-refractivity contribution in [2.24, 2.45) is 0 Å². The summed E-state index contributed by atoms with van der Waals surface area (Å²) in [5.41, 5.74) is 0.630. The Morgan fingerprint density at radius 1 is 1.21 bits per heavy atom. The minimum Gasteiger partial charge on any atom is -0.472 e. The molecular formula is C18H25N3O3. The molecule has 0 spiro atoms. The van der Waals surface area contributed by atoms with Gasteiger partial charge in [-0.1, -0.05) is 30.3 Å². The van der Waals surface area contributed by atoms with Crippen LogP contribution in [0.25, 0.3) is 0 Å². The summed E-state index contributed by atoms with van der Waals surface area (Å²) in [6, 6.07) is 11.8. The van der Waals surface area contributed by atoms with Gasteiger partial charge in [-0.25, -0.2) is 4.79 Å². The van der Waals surface area contributed by atoms with E-state index >= 15 is 0 Å². The third-order valence-corrected chi connectivity index (χ3v) is 3.08. The maximum atomic E-state index is 11.5. The van der Waals surface area contributed by atoms with Gasteiger partial charge in [-0.15, -0.1) is 5.10 Å². The first-order chi connectivity index (χ1) is 11.4. The highest BCUT2D eigenvalue weighted by molar-refractivity contribution is 5.67. The molecule has 2 rings (SSSR count). The molecule has 0 aliphatic heterocycles. The second-order valence-corrected chi connectivity index (χ2v) is 6.47. The van der Waals surface area contributed by atoms with E-state index < -0.39 is 11.7 Å². The maximum absolute atomic E-state index is 11.5. The normalized spacial score (nSPS) is 11.1. The molecule has 0 radical (unpaired) electrons. The standard InChI is InChI=1S/C18H25N3O3/c1-18(2,3)24-17(22)19-11-7-12-21-13-10-16(20-21)23-14-15-8-5-4-6-9-15/h4-6,8-10,13H,7,11-12,14H2,1-3H3,(H,19,22). The summed E-state index contributed by atoms with van der Waals surface area (Å²) in [6.07, 6.45) is 2.24. The molecule has 24 heavy (non-hydrogen) atoms. The smallest absolute Gasteiger partial charge is 0.407 e. The number of carbonyl (C=O) groups excluding carboxylic acids is 1. The predicted octanol–water partition coefficient (Wildman–Crippen LogP) is 3.38. The van der Waals surface area contributed by atoms with Crippen molar-refractivity contribution in [1.82, 2.24) is 15.1 Å². The lowest BCUT2D eigenvalue weighted by molar-refractivity contribution is 0.0526. The van der Waals surface area contributed by atoms with Crippen molar-refractivity contribution in [1.29, 1.82) is 0 Å². The predicted molar refractivity (Wildman–Crippen MR) is 91.9 cm³/mol. The summed E-state index contributed by atoms with van der Waals surface area (Å²) in [5.74, 6) is 0.596. The van der Waals surface area contributed by atoms with Crippen molar-refractivity contribution in [2.45, 2.75) is 45.9 Å². The van der Waals surface area contributed by atoms with Crippen LogP contribution in [0, 0.1) is 0 Å². The van der Waals surface area contributed by atoms with Gasteiger partial charge in [0.2, 0.25) is 5.88 Å². The van der Waals surface area contributed by atoms with Crippen LogP contribution < -0.4 is 10.1 Å². The van der Waals surface area contributed by atoms with Crippen molar-refractivity contribution in [2.75, 3.05) is 6.54 Å². The van der Waals surface area contributed by atoms with Gasteiger partial charge >= 0.3 is 6.09 Å². The SMILES string of the molecule is CC(C)(C)OC(=O)NCCCn1ccc(OCc2ccccc2)n1. The lowest BCUT2D eigenvalue weighted by atomic mass is 10.2. The highest BCUT2D eigenvalue weighted by atomic mass is 16.6. The molecule has 0 atom stereocenters. The quantitative estimate of drug-likeness (QED) is 0.790. The molecule has 0 bridgehead atoms. The van der Waals surface area contributed by atoms with Gasteiger partial charge < -0.3 is 14.8 Å². The Kier molecular flexibility index (Phi) is 6.23. The molecule has 0 unspecified atom stereocenters. The zero-order valence-corrected chi connectivity index (χ0v) is 14.5. The monoisotopic (exact) mass is 331 g/mol. The summed E-state index contributed by atoms with van der Waals surface area (Å²) >= 11 is 0. The zero-order chi connectivity index (χ0) is 17.4. The number of aryl methyl sites for hydroxylation is 1. The van der Waals surface area contributed by atoms with Crippen LogP contribution in [0.1, 0.15) is 32.8 Å². The molecule has 0 saturated carbocycles. The van der Waals surface area contributed by atoms with E-state index in [0.29, 0.717) is 25.6 Å². The molecule has 0 aliphatic carbocycles. The highest BCUT2D eigenvalue weighted by Crippen LogP contribution is 2.10. The Morgan fingerprint density at radius 2 is 1.96 bits per heavy atom. The van der Waals surface area contributed by atoms with Gasteiger partial charge in [-0.3, -0.25) is 4.68 Å². The minimum atomic E-state index is -0.475. The number of rotatable bonds is 7. The van der Waals surface area contributed by atoms with E-state index in [4.69, 9.17) is 9.47 Å². The molecule has 0 saturated heterocycles. The molecule has 0 fully saturated rings. The number of carbonyl (C=O) groups is 1. The molecule has 1 amide bonds. The molecule has 1 aromatic heterocycles. The van der Waals surface area contributed by atoms with Gasteiger partial charge in [-0.2, -0.15) is 0 Å². The largest absolute Gasteiger partial charge is 0.472 e. The zero-order valence-electron chi connectivity index (χ0n) is 14.5. The summed E-state index contributed by atoms with van der Waals surface area (Å²) in [6.45, 7) is 7.26. The summed E-state index contributed by atoms with van der Waals surface area (Å²) in [4.78, 5) is 11.5. The Balaban J connectivity index is 1.66. The number of hydrogen-bond acceptors (Lipinski definition) is 4. The number of hydrogen-bond donors (Lipinski definition) is 1. The van der Waals surface area contributed by atoms with Gasteiger partial charge in [-0.05, 0) is 32.8 Å². The van der Waals surface area contributed by atoms with Crippen LogP contribution in [0.2, 0.25) is 0 Å². The number of alkyl carbamates (subject to hydrolysis) is 1. The number of amides is 1. The second kappa shape index (κ2) is 8.38. The average Bonchev–Trinajstić information content (AvgIpc) is 2.97. The van der Waals surface area contributed by atoms with Crippen LogP contribution in [0.5, 0.6) is 5.88 Å². The fraction of sp³-hybridized carbons (Fsp3) is 0.444. The Labute approximate surface area is 142 Å². The molecule has 1 N–H and O–H groups in total. The van der Waals surface area contributed by atoms with Crippen LogP contribution >= 0.6 is 0 Å². The third kappa shape index (κ3) is 6.73. The topological polar surface area (TPSA) is 65.4 Å². The second-order valence-electron chi connectivity index (χ2n) is 6.47. The van der Waals surface area contributed by atoms with Crippen molar-refractivity contribution < 1.29 is 14.3 Å². The van der Waals surface area contributed by atoms with Gasteiger partial charge in [0.15, 0.2) is 0 Å². The molecular weight excluding hydrogens is 306 g/mol. The lowest BCUT2D eigenvalue weighted by Crippen LogP contribution is -2.33. The van der Waals surface area contributed by atoms with E-state index in [0.717, 1.165) is 12.0 Å². The van der Waals surface area contributed by atoms with Crippen LogP contribution in [-0.4, -0.2) is 28.0 Å². The summed E-state index contributed by atoms with van der Waals surface area (Å²) < 4.78 is 12.6. The number of nitrogens with one attached hydrogen (secondary N) is 1. The number of aromatic nitrogens is 2. The molecule has 1 heterocycles. The average molecular weight is 331 g/mol.